The van der Waals surface area contributed by atoms with E-state index >= 15 is 0 Å². The van der Waals surface area contributed by atoms with Gasteiger partial charge in [-0.1, -0.05) is 12.1 Å². The smallest absolute Gasteiger partial charge is 0.305 e. The lowest BCUT2D eigenvalue weighted by Crippen LogP contribution is -2.26. The molecule has 0 saturated heterocycles. The fourth-order valence-electron chi connectivity index (χ4n) is 1.54. The van der Waals surface area contributed by atoms with E-state index in [2.05, 4.69) is 10.1 Å². The van der Waals surface area contributed by atoms with E-state index < -0.39 is 0 Å². The number of carbonyl (C=O) groups excluding carboxylic acids is 2. The Kier molecular flexibility index (Phi) is 6.93. The lowest BCUT2D eigenvalue weighted by molar-refractivity contribution is -0.140. The molecular weight excluding hydrogens is 276 g/mol. The highest BCUT2D eigenvalue weighted by atomic mass is 32.2. The average Bonchev–Trinajstić information content (AvgIpc) is 2.44. The van der Waals surface area contributed by atoms with Crippen LogP contribution in [0.3, 0.4) is 0 Å². The van der Waals surface area contributed by atoms with E-state index in [0.29, 0.717) is 25.1 Å². The van der Waals surface area contributed by atoms with Gasteiger partial charge in [0.05, 0.1) is 12.9 Å². The number of amides is 1. The highest BCUT2D eigenvalue weighted by Gasteiger charge is 2.06. The number of thioether (sulfide) groups is 1. The molecule has 0 fully saturated rings. The largest absolute Gasteiger partial charge is 0.469 e. The lowest BCUT2D eigenvalue weighted by atomic mass is 10.2. The summed E-state index contributed by atoms with van der Waals surface area (Å²) in [5.74, 6) is -0.0202. The monoisotopic (exact) mass is 296 g/mol. The second-order valence-corrected chi connectivity index (χ2v) is 5.32. The SMILES string of the molecule is COC(=O)CCCNC(=O)CSc1cccc(C)c1N. The summed E-state index contributed by atoms with van der Waals surface area (Å²) in [6.45, 7) is 2.41. The van der Waals surface area contributed by atoms with Crippen LogP contribution >= 0.6 is 11.8 Å². The molecule has 0 atom stereocenters. The molecule has 3 N–H and O–H groups in total. The van der Waals surface area contributed by atoms with Gasteiger partial charge in [-0.05, 0) is 25.0 Å². The third kappa shape index (κ3) is 5.52. The maximum Gasteiger partial charge on any atom is 0.305 e. The van der Waals surface area contributed by atoms with Gasteiger partial charge in [0.2, 0.25) is 5.91 Å². The van der Waals surface area contributed by atoms with Crippen molar-refractivity contribution in [2.75, 3.05) is 25.1 Å². The number of aryl methyl sites for hydroxylation is 1. The second kappa shape index (κ2) is 8.47. The summed E-state index contributed by atoms with van der Waals surface area (Å²) in [5, 5.41) is 2.76. The minimum atomic E-state index is -0.263. The molecule has 6 heteroatoms. The zero-order valence-corrected chi connectivity index (χ0v) is 12.6. The normalized spacial score (nSPS) is 10.1. The molecule has 0 bridgehead atoms. The van der Waals surface area contributed by atoms with E-state index in [1.165, 1.54) is 18.9 Å². The number of anilines is 1. The summed E-state index contributed by atoms with van der Waals surface area (Å²) in [6, 6.07) is 5.76. The molecule has 1 rings (SSSR count). The van der Waals surface area contributed by atoms with Crippen molar-refractivity contribution < 1.29 is 14.3 Å². The van der Waals surface area contributed by atoms with E-state index in [9.17, 15) is 9.59 Å². The first kappa shape index (κ1) is 16.4. The molecule has 1 aromatic rings. The zero-order chi connectivity index (χ0) is 15.0. The summed E-state index contributed by atoms with van der Waals surface area (Å²) >= 11 is 1.41. The Morgan fingerprint density at radius 1 is 1.40 bits per heavy atom. The van der Waals surface area contributed by atoms with Gasteiger partial charge in [0.15, 0.2) is 0 Å². The van der Waals surface area contributed by atoms with Crippen LogP contribution in [0.2, 0.25) is 0 Å². The topological polar surface area (TPSA) is 81.4 Å². The molecule has 1 aromatic carbocycles. The number of para-hydroxylation sites is 1. The molecule has 0 heterocycles. The van der Waals surface area contributed by atoms with Crippen LogP contribution in [0.15, 0.2) is 23.1 Å². The third-order valence-corrected chi connectivity index (χ3v) is 3.82. The molecule has 110 valence electrons. The Balaban J connectivity index is 2.26. The summed E-state index contributed by atoms with van der Waals surface area (Å²) in [6.07, 6.45) is 0.893. The molecule has 1 amide bonds. The first-order valence-electron chi connectivity index (χ1n) is 6.36. The van der Waals surface area contributed by atoms with Crippen LogP contribution < -0.4 is 11.1 Å². The number of rotatable bonds is 7. The van der Waals surface area contributed by atoms with Crippen molar-refractivity contribution in [3.8, 4) is 0 Å². The highest BCUT2D eigenvalue weighted by molar-refractivity contribution is 8.00. The molecule has 0 aliphatic rings. The molecule has 5 nitrogen and oxygen atoms in total. The summed E-state index contributed by atoms with van der Waals surface area (Å²) < 4.78 is 4.52. The van der Waals surface area contributed by atoms with Crippen LogP contribution in [0.25, 0.3) is 0 Å². The summed E-state index contributed by atoms with van der Waals surface area (Å²) in [5.41, 5.74) is 7.66. The van der Waals surface area contributed by atoms with E-state index in [4.69, 9.17) is 5.73 Å². The fourth-order valence-corrected chi connectivity index (χ4v) is 2.42. The van der Waals surface area contributed by atoms with Gasteiger partial charge in [-0.3, -0.25) is 9.59 Å². The van der Waals surface area contributed by atoms with Crippen LogP contribution in [0.1, 0.15) is 18.4 Å². The Morgan fingerprint density at radius 3 is 2.85 bits per heavy atom. The van der Waals surface area contributed by atoms with Gasteiger partial charge in [-0.2, -0.15) is 0 Å². The number of methoxy groups -OCH3 is 1. The minimum Gasteiger partial charge on any atom is -0.469 e. The lowest BCUT2D eigenvalue weighted by Gasteiger charge is -2.08. The number of carbonyl (C=O) groups is 2. The maximum absolute atomic E-state index is 11.6. The Labute approximate surface area is 123 Å². The number of nitrogens with two attached hydrogens (primary N) is 1. The average molecular weight is 296 g/mol. The Hall–Kier alpha value is -1.69. The van der Waals surface area contributed by atoms with Crippen LogP contribution in [0.4, 0.5) is 5.69 Å². The first-order valence-corrected chi connectivity index (χ1v) is 7.34. The molecule has 0 saturated carbocycles. The van der Waals surface area contributed by atoms with Crippen molar-refractivity contribution >= 4 is 29.3 Å². The van der Waals surface area contributed by atoms with Crippen molar-refractivity contribution in [1.29, 1.82) is 0 Å². The van der Waals surface area contributed by atoms with Crippen LogP contribution in [0.5, 0.6) is 0 Å². The van der Waals surface area contributed by atoms with Crippen molar-refractivity contribution in [2.24, 2.45) is 0 Å². The van der Waals surface area contributed by atoms with Crippen LogP contribution in [-0.2, 0) is 14.3 Å². The molecule has 0 aromatic heterocycles. The number of nitrogens with one attached hydrogen (secondary N) is 1. The highest BCUT2D eigenvalue weighted by Crippen LogP contribution is 2.26. The third-order valence-electron chi connectivity index (χ3n) is 2.75. The van der Waals surface area contributed by atoms with Gasteiger partial charge < -0.3 is 15.8 Å². The van der Waals surface area contributed by atoms with Gasteiger partial charge in [-0.15, -0.1) is 11.8 Å². The number of hydrogen-bond donors (Lipinski definition) is 2. The van der Waals surface area contributed by atoms with Gasteiger partial charge >= 0.3 is 5.97 Å². The Morgan fingerprint density at radius 2 is 2.15 bits per heavy atom. The molecule has 0 aliphatic carbocycles. The van der Waals surface area contributed by atoms with Gasteiger partial charge in [0.25, 0.3) is 0 Å². The van der Waals surface area contributed by atoms with Crippen molar-refractivity contribution in [2.45, 2.75) is 24.7 Å². The predicted octanol–water partition coefficient (Wildman–Crippen LogP) is 1.74. The molecule has 0 spiro atoms. The quantitative estimate of drug-likeness (QED) is 0.347. The predicted molar refractivity (Wildman–Crippen MR) is 80.6 cm³/mol. The minimum absolute atomic E-state index is 0.0687. The summed E-state index contributed by atoms with van der Waals surface area (Å²) in [7, 11) is 1.35. The number of benzene rings is 1. The van der Waals surface area contributed by atoms with Gasteiger partial charge in [0, 0.05) is 23.5 Å². The standard InChI is InChI=1S/C14H20N2O3S/c1-10-5-3-6-11(14(10)15)20-9-12(17)16-8-4-7-13(18)19-2/h3,5-6H,4,7-9,15H2,1-2H3,(H,16,17). The summed E-state index contributed by atoms with van der Waals surface area (Å²) in [4.78, 5) is 23.4. The molecule has 0 unspecified atom stereocenters. The van der Waals surface area contributed by atoms with Crippen molar-refractivity contribution in [3.63, 3.8) is 0 Å². The number of nitrogen functional groups attached to an aromatic ring is 1. The van der Waals surface area contributed by atoms with Crippen LogP contribution in [0, 0.1) is 6.92 Å². The van der Waals surface area contributed by atoms with E-state index in [0.717, 1.165) is 16.1 Å². The molecule has 0 aliphatic heterocycles. The Bertz CT molecular complexity index is 477. The van der Waals surface area contributed by atoms with Crippen LogP contribution in [-0.4, -0.2) is 31.3 Å². The van der Waals surface area contributed by atoms with E-state index in [1.807, 2.05) is 25.1 Å². The number of hydrogen-bond acceptors (Lipinski definition) is 5. The maximum atomic E-state index is 11.6. The van der Waals surface area contributed by atoms with Gasteiger partial charge in [0.1, 0.15) is 0 Å². The molecule has 20 heavy (non-hydrogen) atoms. The first-order chi connectivity index (χ1) is 9.54. The molecule has 0 radical (unpaired) electrons. The van der Waals surface area contributed by atoms with E-state index in [-0.39, 0.29) is 11.9 Å². The number of ether oxygens (including phenoxy) is 1. The fraction of sp³-hybridized carbons (Fsp3) is 0.429. The number of esters is 1. The van der Waals surface area contributed by atoms with Crippen molar-refractivity contribution in [3.05, 3.63) is 23.8 Å². The van der Waals surface area contributed by atoms with E-state index in [1.54, 1.807) is 0 Å². The molecular formula is C14H20N2O3S. The zero-order valence-electron chi connectivity index (χ0n) is 11.8. The second-order valence-electron chi connectivity index (χ2n) is 4.31. The van der Waals surface area contributed by atoms with Gasteiger partial charge in [-0.25, -0.2) is 0 Å². The van der Waals surface area contributed by atoms with Crippen molar-refractivity contribution in [1.82, 2.24) is 5.32 Å².